The molecule has 1 aliphatic heterocycles. The van der Waals surface area contributed by atoms with Crippen LogP contribution in [0, 0.1) is 5.92 Å². The van der Waals surface area contributed by atoms with Crippen LogP contribution in [-0.2, 0) is 9.53 Å². The second kappa shape index (κ2) is 9.42. The van der Waals surface area contributed by atoms with Crippen molar-refractivity contribution in [2.75, 3.05) is 13.2 Å². The summed E-state index contributed by atoms with van der Waals surface area (Å²) in [5.41, 5.74) is 1.89. The van der Waals surface area contributed by atoms with Crippen LogP contribution in [0.25, 0.3) is 0 Å². The minimum atomic E-state index is -0.0435. The van der Waals surface area contributed by atoms with Crippen molar-refractivity contribution in [3.63, 3.8) is 0 Å². The van der Waals surface area contributed by atoms with E-state index in [9.17, 15) is 4.79 Å². The second-order valence-corrected chi connectivity index (χ2v) is 6.10. The molecule has 1 heterocycles. The molecule has 2 unspecified atom stereocenters. The summed E-state index contributed by atoms with van der Waals surface area (Å²) in [4.78, 5) is 15.9. The van der Waals surface area contributed by atoms with E-state index in [4.69, 9.17) is 4.74 Å². The van der Waals surface area contributed by atoms with Crippen molar-refractivity contribution in [1.82, 2.24) is 0 Å². The van der Waals surface area contributed by atoms with Gasteiger partial charge >= 0.3 is 5.97 Å². The summed E-state index contributed by atoms with van der Waals surface area (Å²) in [5.74, 6) is -0.0437. The number of hydrogen-bond donors (Lipinski definition) is 0. The largest absolute Gasteiger partial charge is 0.465 e. The molecule has 3 nitrogen and oxygen atoms in total. The van der Waals surface area contributed by atoms with Crippen LogP contribution >= 0.6 is 11.8 Å². The molecule has 0 saturated heterocycles. The average molecular weight is 271 g/mol. The fraction of sp³-hybridized carbons (Fsp3) is 0.857. The lowest BCUT2D eigenvalue weighted by Gasteiger charge is -2.14. The van der Waals surface area contributed by atoms with Crippen LogP contribution in [-0.4, -0.2) is 29.9 Å². The molecule has 0 aromatic rings. The molecule has 1 aliphatic rings. The fourth-order valence-electron chi connectivity index (χ4n) is 1.97. The number of unbranched alkanes of at least 4 members (excludes halogenated alkanes) is 4. The third-order valence-electron chi connectivity index (χ3n) is 3.15. The third-order valence-corrected chi connectivity index (χ3v) is 4.15. The van der Waals surface area contributed by atoms with E-state index in [-0.39, 0.29) is 11.9 Å². The van der Waals surface area contributed by atoms with Gasteiger partial charge in [0.2, 0.25) is 0 Å². The van der Waals surface area contributed by atoms with Crippen LogP contribution in [0.1, 0.15) is 52.4 Å². The van der Waals surface area contributed by atoms with Crippen LogP contribution < -0.4 is 0 Å². The van der Waals surface area contributed by atoms with Gasteiger partial charge in [-0.1, -0.05) is 39.5 Å². The predicted molar refractivity (Wildman–Crippen MR) is 78.2 cm³/mol. The van der Waals surface area contributed by atoms with E-state index in [2.05, 4.69) is 11.9 Å². The van der Waals surface area contributed by atoms with E-state index in [0.29, 0.717) is 11.9 Å². The maximum Gasteiger partial charge on any atom is 0.308 e. The number of carbonyl (C=O) groups excluding carboxylic acids is 1. The Hall–Kier alpha value is -0.510. The molecule has 0 bridgehead atoms. The van der Waals surface area contributed by atoms with Gasteiger partial charge in [-0.25, -0.2) is 0 Å². The van der Waals surface area contributed by atoms with E-state index in [0.717, 1.165) is 19.4 Å². The van der Waals surface area contributed by atoms with Crippen molar-refractivity contribution in [2.45, 2.75) is 57.6 Å². The Morgan fingerprint density at radius 2 is 2.22 bits per heavy atom. The third kappa shape index (κ3) is 6.43. The highest BCUT2D eigenvalue weighted by Gasteiger charge is 2.21. The van der Waals surface area contributed by atoms with Gasteiger partial charge < -0.3 is 4.74 Å². The van der Waals surface area contributed by atoms with Crippen LogP contribution in [0.3, 0.4) is 0 Å². The van der Waals surface area contributed by atoms with Gasteiger partial charge in [0.05, 0.1) is 24.6 Å². The number of aliphatic imine (C=N–C) groups is 1. The molecule has 1 rings (SSSR count). The summed E-state index contributed by atoms with van der Waals surface area (Å²) in [6.45, 7) is 5.59. The highest BCUT2D eigenvalue weighted by molar-refractivity contribution is 8.12. The van der Waals surface area contributed by atoms with Crippen LogP contribution in [0.15, 0.2) is 4.99 Å². The molecule has 104 valence electrons. The highest BCUT2D eigenvalue weighted by Crippen LogP contribution is 2.22. The van der Waals surface area contributed by atoms with Crippen molar-refractivity contribution < 1.29 is 9.53 Å². The van der Waals surface area contributed by atoms with Gasteiger partial charge in [-0.2, -0.15) is 0 Å². The highest BCUT2D eigenvalue weighted by atomic mass is 32.2. The molecule has 0 saturated carbocycles. The first-order valence-corrected chi connectivity index (χ1v) is 7.98. The Bertz CT molecular complexity index is 261. The van der Waals surface area contributed by atoms with Crippen molar-refractivity contribution in [3.05, 3.63) is 0 Å². The molecule has 0 N–H and O–H groups in total. The molecular formula is C14H25NO2S. The number of nitrogens with zero attached hydrogens (tertiary/aromatic N) is 1. The summed E-state index contributed by atoms with van der Waals surface area (Å²) in [6.07, 6.45) is 6.82. The Morgan fingerprint density at radius 3 is 2.89 bits per heavy atom. The van der Waals surface area contributed by atoms with Crippen molar-refractivity contribution in [2.24, 2.45) is 10.9 Å². The maximum atomic E-state index is 11.7. The number of ether oxygens (including phenoxy) is 1. The first-order valence-electron chi connectivity index (χ1n) is 7.04. The summed E-state index contributed by atoms with van der Waals surface area (Å²) in [7, 11) is 0. The topological polar surface area (TPSA) is 38.7 Å². The van der Waals surface area contributed by atoms with Gasteiger partial charge in [-0.3, -0.25) is 9.79 Å². The number of hydrogen-bond acceptors (Lipinski definition) is 4. The standard InChI is InChI=1S/C14H25NO2S/c1-3-4-5-6-7-8-17-14(16)12(2)9-13-10-15-11-18-13/h11-13H,3-10H2,1-2H3. The monoisotopic (exact) mass is 271 g/mol. The molecule has 0 aliphatic carbocycles. The van der Waals surface area contributed by atoms with Gasteiger partial charge in [0.1, 0.15) is 0 Å². The number of thioether (sulfide) groups is 1. The van der Waals surface area contributed by atoms with Crippen LogP contribution in [0.2, 0.25) is 0 Å². The number of esters is 1. The zero-order valence-corrected chi connectivity index (χ0v) is 12.4. The molecule has 0 amide bonds. The SMILES string of the molecule is CCCCCCCOC(=O)C(C)CC1CN=CS1. The first kappa shape index (κ1) is 15.5. The summed E-state index contributed by atoms with van der Waals surface area (Å²) >= 11 is 1.73. The normalized spacial score (nSPS) is 20.0. The Labute approximate surface area is 115 Å². The molecule has 0 aromatic carbocycles. The molecular weight excluding hydrogens is 246 g/mol. The molecule has 4 heteroatoms. The van der Waals surface area contributed by atoms with Gasteiger partial charge in [0.15, 0.2) is 0 Å². The lowest BCUT2D eigenvalue weighted by Crippen LogP contribution is -2.20. The molecule has 0 radical (unpaired) electrons. The van der Waals surface area contributed by atoms with Gasteiger partial charge in [0, 0.05) is 5.25 Å². The molecule has 2 atom stereocenters. The zero-order chi connectivity index (χ0) is 13.2. The van der Waals surface area contributed by atoms with Crippen molar-refractivity contribution >= 4 is 23.3 Å². The Morgan fingerprint density at radius 1 is 1.44 bits per heavy atom. The van der Waals surface area contributed by atoms with E-state index >= 15 is 0 Å². The Balaban J connectivity index is 2.01. The predicted octanol–water partition coefficient (Wildman–Crippen LogP) is 3.67. The summed E-state index contributed by atoms with van der Waals surface area (Å²) in [6, 6.07) is 0. The second-order valence-electron chi connectivity index (χ2n) is 4.95. The molecule has 0 spiro atoms. The van der Waals surface area contributed by atoms with Crippen molar-refractivity contribution in [3.8, 4) is 0 Å². The van der Waals surface area contributed by atoms with Crippen molar-refractivity contribution in [1.29, 1.82) is 0 Å². The molecule has 0 fully saturated rings. The first-order chi connectivity index (χ1) is 8.74. The lowest BCUT2D eigenvalue weighted by molar-refractivity contribution is -0.148. The average Bonchev–Trinajstić information content (AvgIpc) is 2.86. The van der Waals surface area contributed by atoms with E-state index in [1.807, 2.05) is 12.5 Å². The van der Waals surface area contributed by atoms with Crippen LogP contribution in [0.4, 0.5) is 0 Å². The van der Waals surface area contributed by atoms with E-state index < -0.39 is 0 Å². The lowest BCUT2D eigenvalue weighted by atomic mass is 10.1. The molecule has 0 aromatic heterocycles. The Kier molecular flexibility index (Phi) is 8.14. The van der Waals surface area contributed by atoms with Crippen LogP contribution in [0.5, 0.6) is 0 Å². The smallest absolute Gasteiger partial charge is 0.308 e. The quantitative estimate of drug-likeness (QED) is 0.474. The maximum absolute atomic E-state index is 11.7. The molecule has 18 heavy (non-hydrogen) atoms. The van der Waals surface area contributed by atoms with E-state index in [1.54, 1.807) is 11.8 Å². The van der Waals surface area contributed by atoms with Gasteiger partial charge in [-0.05, 0) is 12.8 Å². The minimum Gasteiger partial charge on any atom is -0.465 e. The van der Waals surface area contributed by atoms with Gasteiger partial charge in [0.25, 0.3) is 0 Å². The fourth-order valence-corrected chi connectivity index (χ4v) is 2.89. The van der Waals surface area contributed by atoms with Gasteiger partial charge in [-0.15, -0.1) is 11.8 Å². The zero-order valence-electron chi connectivity index (χ0n) is 11.6. The summed E-state index contributed by atoms with van der Waals surface area (Å²) in [5, 5.41) is 0.470. The summed E-state index contributed by atoms with van der Waals surface area (Å²) < 4.78 is 5.31. The van der Waals surface area contributed by atoms with E-state index in [1.165, 1.54) is 25.7 Å². The number of carbonyl (C=O) groups is 1. The number of rotatable bonds is 9. The minimum absolute atomic E-state index is 0.000146.